The second-order valence-electron chi connectivity index (χ2n) is 5.39. The summed E-state index contributed by atoms with van der Waals surface area (Å²) in [6.45, 7) is 20.4. The second-order valence-corrected chi connectivity index (χ2v) is 5.39. The maximum absolute atomic E-state index is 5.56. The van der Waals surface area contributed by atoms with Gasteiger partial charge in [-0.2, -0.15) is 0 Å². The van der Waals surface area contributed by atoms with Gasteiger partial charge >= 0.3 is 0 Å². The maximum Gasteiger partial charge on any atom is 0.0673 e. The molecule has 24 heavy (non-hydrogen) atoms. The molecular formula is C21H39NO2. The normalized spacial score (nSPS) is 12.1. The first-order valence-electron chi connectivity index (χ1n) is 8.26. The van der Waals surface area contributed by atoms with E-state index in [1.165, 1.54) is 11.1 Å². The predicted molar refractivity (Wildman–Crippen MR) is 109 cm³/mol. The highest BCUT2D eigenvalue weighted by molar-refractivity contribution is 5.07. The van der Waals surface area contributed by atoms with Gasteiger partial charge < -0.3 is 15.2 Å². The van der Waals surface area contributed by atoms with Crippen molar-refractivity contribution in [2.75, 3.05) is 27.4 Å². The molecule has 0 aromatic heterocycles. The number of hydrogen-bond acceptors (Lipinski definition) is 3. The van der Waals surface area contributed by atoms with Gasteiger partial charge in [-0.15, -0.1) is 6.58 Å². The highest BCUT2D eigenvalue weighted by atomic mass is 16.5. The van der Waals surface area contributed by atoms with E-state index in [1.807, 2.05) is 26.8 Å². The fraction of sp³-hybridized carbons (Fsp3) is 0.524. The number of ether oxygens (including phenoxy) is 2. The predicted octanol–water partition coefficient (Wildman–Crippen LogP) is 5.22. The third-order valence-electron chi connectivity index (χ3n) is 3.02. The zero-order valence-electron chi connectivity index (χ0n) is 16.7. The van der Waals surface area contributed by atoms with Gasteiger partial charge in [0.05, 0.1) is 13.2 Å². The molecule has 0 saturated heterocycles. The molecule has 0 aliphatic rings. The van der Waals surface area contributed by atoms with Crippen LogP contribution in [0.2, 0.25) is 0 Å². The number of methoxy groups -OCH3 is 2. The Balaban J connectivity index is -0.000000276. The minimum absolute atomic E-state index is 0.104. The van der Waals surface area contributed by atoms with Crippen molar-refractivity contribution in [2.24, 2.45) is 5.73 Å². The van der Waals surface area contributed by atoms with Crippen LogP contribution in [0.5, 0.6) is 0 Å². The van der Waals surface area contributed by atoms with Crippen LogP contribution in [0.25, 0.3) is 0 Å². The molecule has 0 heterocycles. The number of allylic oxidation sites excluding steroid dienone is 3. The van der Waals surface area contributed by atoms with Gasteiger partial charge in [0.15, 0.2) is 0 Å². The minimum Gasteiger partial charge on any atom is -0.380 e. The first-order chi connectivity index (χ1) is 11.3. The molecule has 0 aliphatic heterocycles. The topological polar surface area (TPSA) is 44.5 Å². The van der Waals surface area contributed by atoms with E-state index in [2.05, 4.69) is 32.7 Å². The van der Waals surface area contributed by atoms with Gasteiger partial charge in [-0.3, -0.25) is 0 Å². The SMILES string of the molecule is C/C=C(\CC)COC.C=C/C=C(\C)COC.C=CCC(N)C(=C)C. The van der Waals surface area contributed by atoms with E-state index in [0.717, 1.165) is 25.0 Å². The highest BCUT2D eigenvalue weighted by Gasteiger charge is 1.96. The molecule has 0 amide bonds. The van der Waals surface area contributed by atoms with Crippen LogP contribution in [0.4, 0.5) is 0 Å². The van der Waals surface area contributed by atoms with Crippen LogP contribution in [-0.4, -0.2) is 33.5 Å². The summed E-state index contributed by atoms with van der Waals surface area (Å²) in [6, 6.07) is 0.104. The Labute approximate surface area is 150 Å². The molecule has 1 atom stereocenters. The molecule has 0 aliphatic carbocycles. The lowest BCUT2D eigenvalue weighted by atomic mass is 10.1. The summed E-state index contributed by atoms with van der Waals surface area (Å²) in [4.78, 5) is 0. The van der Waals surface area contributed by atoms with Gasteiger partial charge in [0.1, 0.15) is 0 Å². The molecule has 0 aromatic rings. The van der Waals surface area contributed by atoms with Crippen molar-refractivity contribution in [3.8, 4) is 0 Å². The van der Waals surface area contributed by atoms with Crippen molar-refractivity contribution in [1.82, 2.24) is 0 Å². The zero-order valence-corrected chi connectivity index (χ0v) is 16.7. The molecule has 0 saturated carbocycles. The zero-order chi connectivity index (χ0) is 19.4. The van der Waals surface area contributed by atoms with E-state index in [9.17, 15) is 0 Å². The van der Waals surface area contributed by atoms with Gasteiger partial charge in [0.25, 0.3) is 0 Å². The quantitative estimate of drug-likeness (QED) is 0.463. The Morgan fingerprint density at radius 1 is 1.12 bits per heavy atom. The Hall–Kier alpha value is -1.42. The fourth-order valence-corrected chi connectivity index (χ4v) is 1.43. The van der Waals surface area contributed by atoms with Crippen molar-refractivity contribution >= 4 is 0 Å². The fourth-order valence-electron chi connectivity index (χ4n) is 1.43. The molecular weight excluding hydrogens is 298 g/mol. The monoisotopic (exact) mass is 337 g/mol. The molecule has 0 aromatic carbocycles. The molecule has 0 rings (SSSR count). The van der Waals surface area contributed by atoms with Crippen LogP contribution in [0.3, 0.4) is 0 Å². The largest absolute Gasteiger partial charge is 0.380 e. The van der Waals surface area contributed by atoms with E-state index in [-0.39, 0.29) is 6.04 Å². The van der Waals surface area contributed by atoms with Crippen molar-refractivity contribution in [2.45, 2.75) is 46.6 Å². The lowest BCUT2D eigenvalue weighted by Gasteiger charge is -2.05. The van der Waals surface area contributed by atoms with E-state index < -0.39 is 0 Å². The first kappa shape index (κ1) is 27.4. The number of hydrogen-bond donors (Lipinski definition) is 1. The van der Waals surface area contributed by atoms with Crippen LogP contribution in [-0.2, 0) is 9.47 Å². The molecule has 3 heteroatoms. The number of nitrogens with two attached hydrogens (primary N) is 1. The highest BCUT2D eigenvalue weighted by Crippen LogP contribution is 1.99. The Morgan fingerprint density at radius 2 is 1.67 bits per heavy atom. The lowest BCUT2D eigenvalue weighted by Crippen LogP contribution is -2.19. The van der Waals surface area contributed by atoms with Gasteiger partial charge in [-0.25, -0.2) is 0 Å². The van der Waals surface area contributed by atoms with Gasteiger partial charge in [-0.1, -0.05) is 50.0 Å². The molecule has 0 bridgehead atoms. The average molecular weight is 338 g/mol. The molecule has 140 valence electrons. The maximum atomic E-state index is 5.56. The Bertz CT molecular complexity index is 377. The van der Waals surface area contributed by atoms with Crippen molar-refractivity contribution in [3.63, 3.8) is 0 Å². The molecule has 3 nitrogen and oxygen atoms in total. The molecule has 1 unspecified atom stereocenters. The van der Waals surface area contributed by atoms with E-state index in [1.54, 1.807) is 26.4 Å². The van der Waals surface area contributed by atoms with E-state index in [0.29, 0.717) is 6.61 Å². The smallest absolute Gasteiger partial charge is 0.0673 e. The summed E-state index contributed by atoms with van der Waals surface area (Å²) in [5.41, 5.74) is 9.14. The van der Waals surface area contributed by atoms with Crippen molar-refractivity contribution in [1.29, 1.82) is 0 Å². The summed E-state index contributed by atoms with van der Waals surface area (Å²) < 4.78 is 9.76. The van der Waals surface area contributed by atoms with Gasteiger partial charge in [-0.05, 0) is 44.8 Å². The number of rotatable bonds is 9. The molecule has 0 radical (unpaired) electrons. The molecule has 0 spiro atoms. The average Bonchev–Trinajstić information content (AvgIpc) is 2.54. The second kappa shape index (κ2) is 21.6. The summed E-state index contributed by atoms with van der Waals surface area (Å²) in [5, 5.41) is 0. The van der Waals surface area contributed by atoms with Crippen LogP contribution in [0, 0.1) is 0 Å². The lowest BCUT2D eigenvalue weighted by molar-refractivity contribution is 0.223. The van der Waals surface area contributed by atoms with Crippen molar-refractivity contribution < 1.29 is 9.47 Å². The molecule has 0 fully saturated rings. The van der Waals surface area contributed by atoms with Crippen LogP contribution >= 0.6 is 0 Å². The molecule has 2 N–H and O–H groups in total. The van der Waals surface area contributed by atoms with Crippen LogP contribution in [0.15, 0.2) is 60.8 Å². The summed E-state index contributed by atoms with van der Waals surface area (Å²) in [6.07, 6.45) is 9.53. The van der Waals surface area contributed by atoms with Crippen molar-refractivity contribution in [3.05, 3.63) is 60.8 Å². The summed E-state index contributed by atoms with van der Waals surface area (Å²) in [5.74, 6) is 0. The summed E-state index contributed by atoms with van der Waals surface area (Å²) >= 11 is 0. The first-order valence-corrected chi connectivity index (χ1v) is 8.26. The summed E-state index contributed by atoms with van der Waals surface area (Å²) in [7, 11) is 3.40. The van der Waals surface area contributed by atoms with Gasteiger partial charge in [0, 0.05) is 20.3 Å². The van der Waals surface area contributed by atoms with E-state index in [4.69, 9.17) is 15.2 Å². The van der Waals surface area contributed by atoms with Gasteiger partial charge in [0.2, 0.25) is 0 Å². The van der Waals surface area contributed by atoms with Crippen LogP contribution in [0.1, 0.15) is 40.5 Å². The third-order valence-corrected chi connectivity index (χ3v) is 3.02. The minimum atomic E-state index is 0.104. The standard InChI is InChI=1S/C7H13N.C7H12O.C7H14O/c1-4-5-7(8)6(2)3;1-4-5-7(2)6-8-3;1-4-7(5-2)6-8-3/h4,7H,1-2,5,8H2,3H3;4-5H,1,6H2,2-3H3;4H,5-6H2,1-3H3/b;7-5+;7-4+. The Morgan fingerprint density at radius 3 is 1.88 bits per heavy atom. The van der Waals surface area contributed by atoms with E-state index >= 15 is 0 Å². The Kier molecular flexibility index (Phi) is 24.7. The third kappa shape index (κ3) is 22.9. The van der Waals surface area contributed by atoms with Crippen LogP contribution < -0.4 is 5.73 Å².